The number of amides is 1. The van der Waals surface area contributed by atoms with Crippen LogP contribution >= 0.6 is 11.3 Å². The van der Waals surface area contributed by atoms with Gasteiger partial charge < -0.3 is 10.2 Å². The molecule has 4 nitrogen and oxygen atoms in total. The molecule has 0 aliphatic carbocycles. The predicted octanol–water partition coefficient (Wildman–Crippen LogP) is 2.22. The molecule has 5 heteroatoms. The second-order valence-electron chi connectivity index (χ2n) is 6.21. The van der Waals surface area contributed by atoms with E-state index >= 15 is 0 Å². The number of benzene rings is 1. The Hall–Kier alpha value is -1.69. The van der Waals surface area contributed by atoms with E-state index in [1.165, 1.54) is 4.88 Å². The Labute approximate surface area is 148 Å². The molecular weight excluding hydrogens is 318 g/mol. The van der Waals surface area contributed by atoms with E-state index in [4.69, 9.17) is 0 Å². The Morgan fingerprint density at radius 2 is 1.75 bits per heavy atom. The average molecular weight is 343 g/mol. The maximum absolute atomic E-state index is 12.1. The molecule has 24 heavy (non-hydrogen) atoms. The Bertz CT molecular complexity index is 607. The van der Waals surface area contributed by atoms with Crippen molar-refractivity contribution in [1.29, 1.82) is 0 Å². The normalized spacial score (nSPS) is 16.2. The summed E-state index contributed by atoms with van der Waals surface area (Å²) >= 11 is 1.83. The van der Waals surface area contributed by atoms with Crippen LogP contribution in [0.1, 0.15) is 10.4 Å². The van der Waals surface area contributed by atoms with E-state index in [-0.39, 0.29) is 5.91 Å². The molecule has 1 aromatic heterocycles. The summed E-state index contributed by atoms with van der Waals surface area (Å²) in [5.41, 5.74) is 1.14. The van der Waals surface area contributed by atoms with Crippen LogP contribution in [-0.4, -0.2) is 55.0 Å². The zero-order valence-electron chi connectivity index (χ0n) is 14.0. The molecule has 3 rings (SSSR count). The van der Waals surface area contributed by atoms with Gasteiger partial charge >= 0.3 is 0 Å². The number of hydrogen-bond donors (Lipinski definition) is 1. The minimum Gasteiger partial charge on any atom is -0.351 e. The van der Waals surface area contributed by atoms with Crippen molar-refractivity contribution in [3.05, 3.63) is 58.3 Å². The van der Waals surface area contributed by atoms with Gasteiger partial charge in [0.05, 0.1) is 6.54 Å². The first-order valence-electron chi connectivity index (χ1n) is 8.57. The summed E-state index contributed by atoms with van der Waals surface area (Å²) in [6, 6.07) is 14.4. The number of thiophene rings is 1. The van der Waals surface area contributed by atoms with E-state index in [1.807, 2.05) is 41.7 Å². The molecule has 1 fully saturated rings. The van der Waals surface area contributed by atoms with Crippen LogP contribution < -0.4 is 5.32 Å². The van der Waals surface area contributed by atoms with Crippen molar-refractivity contribution in [2.45, 2.75) is 13.0 Å². The highest BCUT2D eigenvalue weighted by Gasteiger charge is 2.18. The van der Waals surface area contributed by atoms with Crippen molar-refractivity contribution in [3.8, 4) is 0 Å². The summed E-state index contributed by atoms with van der Waals surface area (Å²) in [5, 5.41) is 5.15. The van der Waals surface area contributed by atoms with Crippen LogP contribution in [-0.2, 0) is 17.8 Å². The Balaban J connectivity index is 1.32. The third-order valence-corrected chi connectivity index (χ3v) is 5.36. The molecule has 2 aromatic rings. The summed E-state index contributed by atoms with van der Waals surface area (Å²) in [5.74, 6) is 0.117. The topological polar surface area (TPSA) is 35.6 Å². The summed E-state index contributed by atoms with van der Waals surface area (Å²) in [7, 11) is 0. The Morgan fingerprint density at radius 3 is 2.46 bits per heavy atom. The van der Waals surface area contributed by atoms with E-state index in [0.29, 0.717) is 13.1 Å². The quantitative estimate of drug-likeness (QED) is 0.837. The molecule has 1 saturated heterocycles. The third kappa shape index (κ3) is 5.44. The first kappa shape index (κ1) is 17.1. The van der Waals surface area contributed by atoms with Gasteiger partial charge in [0.15, 0.2) is 0 Å². The zero-order valence-corrected chi connectivity index (χ0v) is 14.8. The Morgan fingerprint density at radius 1 is 1.00 bits per heavy atom. The molecule has 0 radical (unpaired) electrons. The number of hydrogen-bond acceptors (Lipinski definition) is 4. The van der Waals surface area contributed by atoms with Crippen LogP contribution in [0.2, 0.25) is 0 Å². The lowest BCUT2D eigenvalue weighted by atomic mass is 10.2. The lowest BCUT2D eigenvalue weighted by Crippen LogP contribution is -2.49. The van der Waals surface area contributed by atoms with Crippen LogP contribution in [0.25, 0.3) is 0 Å². The van der Waals surface area contributed by atoms with Crippen LogP contribution in [0.5, 0.6) is 0 Å². The first-order chi connectivity index (χ1) is 11.8. The van der Waals surface area contributed by atoms with Crippen molar-refractivity contribution in [2.24, 2.45) is 0 Å². The molecule has 0 atom stereocenters. The first-order valence-corrected chi connectivity index (χ1v) is 9.45. The van der Waals surface area contributed by atoms with Crippen molar-refractivity contribution < 1.29 is 4.79 Å². The maximum atomic E-state index is 12.1. The van der Waals surface area contributed by atoms with Gasteiger partial charge in [-0.25, -0.2) is 0 Å². The Kier molecular flexibility index (Phi) is 6.41. The third-order valence-electron chi connectivity index (χ3n) is 4.42. The molecule has 1 N–H and O–H groups in total. The number of nitrogens with zero attached hydrogens (tertiary/aromatic N) is 2. The van der Waals surface area contributed by atoms with Gasteiger partial charge in [0.25, 0.3) is 0 Å². The minimum atomic E-state index is 0.117. The summed E-state index contributed by atoms with van der Waals surface area (Å²) < 4.78 is 0. The van der Waals surface area contributed by atoms with Gasteiger partial charge in [-0.1, -0.05) is 36.4 Å². The van der Waals surface area contributed by atoms with Crippen LogP contribution in [0, 0.1) is 0 Å². The van der Waals surface area contributed by atoms with Gasteiger partial charge in [0, 0.05) is 44.1 Å². The van der Waals surface area contributed by atoms with E-state index in [2.05, 4.69) is 32.6 Å². The standard InChI is InChI=1S/C19H25N3OS/c23-19(20-15-17-5-2-1-3-6-17)16-22-12-10-21(11-13-22)9-8-18-7-4-14-24-18/h1-7,14H,8-13,15-16H2,(H,20,23). The second-order valence-corrected chi connectivity index (χ2v) is 7.24. The molecule has 1 aliphatic rings. The van der Waals surface area contributed by atoms with Gasteiger partial charge in [0.1, 0.15) is 0 Å². The van der Waals surface area contributed by atoms with Crippen LogP contribution in [0.15, 0.2) is 47.8 Å². The largest absolute Gasteiger partial charge is 0.351 e. The highest BCUT2D eigenvalue weighted by atomic mass is 32.1. The molecule has 1 aromatic carbocycles. The monoisotopic (exact) mass is 343 g/mol. The molecule has 128 valence electrons. The molecule has 0 saturated carbocycles. The van der Waals surface area contributed by atoms with Gasteiger partial charge in [-0.05, 0) is 23.4 Å². The maximum Gasteiger partial charge on any atom is 0.234 e. The fraction of sp³-hybridized carbons (Fsp3) is 0.421. The lowest BCUT2D eigenvalue weighted by molar-refractivity contribution is -0.122. The van der Waals surface area contributed by atoms with Crippen molar-refractivity contribution in [2.75, 3.05) is 39.3 Å². The van der Waals surface area contributed by atoms with E-state index in [9.17, 15) is 4.79 Å². The molecule has 0 bridgehead atoms. The highest BCUT2D eigenvalue weighted by Crippen LogP contribution is 2.11. The summed E-state index contributed by atoms with van der Waals surface area (Å²) in [6.45, 7) is 6.29. The average Bonchev–Trinajstić information content (AvgIpc) is 3.14. The molecule has 1 amide bonds. The number of carbonyl (C=O) groups excluding carboxylic acids is 1. The SMILES string of the molecule is O=C(CN1CCN(CCc2cccs2)CC1)NCc1ccccc1. The van der Waals surface area contributed by atoms with Crippen LogP contribution in [0.3, 0.4) is 0 Å². The van der Waals surface area contributed by atoms with Crippen LogP contribution in [0.4, 0.5) is 0 Å². The van der Waals surface area contributed by atoms with E-state index in [1.54, 1.807) is 0 Å². The van der Waals surface area contributed by atoms with Crippen molar-refractivity contribution in [3.63, 3.8) is 0 Å². The summed E-state index contributed by atoms with van der Waals surface area (Å²) in [6.07, 6.45) is 1.13. The molecule has 0 unspecified atom stereocenters. The number of carbonyl (C=O) groups is 1. The predicted molar refractivity (Wildman–Crippen MR) is 99.2 cm³/mol. The fourth-order valence-corrected chi connectivity index (χ4v) is 3.65. The number of nitrogens with one attached hydrogen (secondary N) is 1. The van der Waals surface area contributed by atoms with Crippen molar-refractivity contribution >= 4 is 17.2 Å². The summed E-state index contributed by atoms with van der Waals surface area (Å²) in [4.78, 5) is 18.3. The van der Waals surface area contributed by atoms with E-state index in [0.717, 1.165) is 44.7 Å². The van der Waals surface area contributed by atoms with Gasteiger partial charge in [0.2, 0.25) is 5.91 Å². The molecule has 0 spiro atoms. The molecule has 1 aliphatic heterocycles. The van der Waals surface area contributed by atoms with Crippen molar-refractivity contribution in [1.82, 2.24) is 15.1 Å². The molecule has 2 heterocycles. The minimum absolute atomic E-state index is 0.117. The zero-order chi connectivity index (χ0) is 16.6. The number of rotatable bonds is 7. The highest BCUT2D eigenvalue weighted by molar-refractivity contribution is 7.09. The van der Waals surface area contributed by atoms with E-state index < -0.39 is 0 Å². The van der Waals surface area contributed by atoms with Gasteiger partial charge in [-0.3, -0.25) is 9.69 Å². The van der Waals surface area contributed by atoms with Gasteiger partial charge in [-0.15, -0.1) is 11.3 Å². The fourth-order valence-electron chi connectivity index (χ4n) is 2.95. The molecular formula is C19H25N3OS. The lowest BCUT2D eigenvalue weighted by Gasteiger charge is -2.34. The second kappa shape index (κ2) is 8.97. The number of piperazine rings is 1. The smallest absolute Gasteiger partial charge is 0.234 e. The van der Waals surface area contributed by atoms with Gasteiger partial charge in [-0.2, -0.15) is 0 Å².